The summed E-state index contributed by atoms with van der Waals surface area (Å²) in [6.45, 7) is 4.43. The molecule has 3 heterocycles. The Labute approximate surface area is 165 Å². The number of H-pyrrole nitrogens is 2. The van der Waals surface area contributed by atoms with Gasteiger partial charge in [0.25, 0.3) is 0 Å². The highest BCUT2D eigenvalue weighted by Crippen LogP contribution is 2.23. The smallest absolute Gasteiger partial charge is 0.328 e. The molecule has 0 atom stereocenters. The summed E-state index contributed by atoms with van der Waals surface area (Å²) in [7, 11) is 1.80. The van der Waals surface area contributed by atoms with Crippen LogP contribution in [0.5, 0.6) is 5.88 Å². The maximum absolute atomic E-state index is 12.2. The van der Waals surface area contributed by atoms with Gasteiger partial charge in [-0.05, 0) is 5.56 Å². The molecule has 142 valence electrons. The first kappa shape index (κ1) is 17.9. The van der Waals surface area contributed by atoms with Crippen molar-refractivity contribution < 1.29 is 4.74 Å². The van der Waals surface area contributed by atoms with E-state index in [4.69, 9.17) is 17.0 Å². The van der Waals surface area contributed by atoms with Crippen LogP contribution in [0.4, 0.5) is 0 Å². The second-order valence-electron chi connectivity index (χ2n) is 6.21. The minimum Gasteiger partial charge on any atom is -0.472 e. The lowest BCUT2D eigenvalue weighted by molar-refractivity contribution is 0.291. The summed E-state index contributed by atoms with van der Waals surface area (Å²) in [4.78, 5) is 22.6. The number of nitrogens with one attached hydrogen (secondary N) is 2. The molecular formula is C19H18N6O2S. The molecular weight excluding hydrogens is 376 g/mol. The fourth-order valence-corrected chi connectivity index (χ4v) is 3.16. The lowest BCUT2D eigenvalue weighted by Crippen LogP contribution is -2.23. The molecule has 0 fully saturated rings. The second kappa shape index (κ2) is 7.28. The van der Waals surface area contributed by atoms with Crippen molar-refractivity contribution in [2.45, 2.75) is 13.2 Å². The number of ether oxygens (including phenoxy) is 1. The molecule has 0 spiro atoms. The van der Waals surface area contributed by atoms with Crippen molar-refractivity contribution in [2.75, 3.05) is 0 Å². The highest BCUT2D eigenvalue weighted by Gasteiger charge is 2.16. The van der Waals surface area contributed by atoms with Crippen molar-refractivity contribution in [1.82, 2.24) is 29.3 Å². The number of imidazole rings is 1. The van der Waals surface area contributed by atoms with Crippen molar-refractivity contribution in [3.63, 3.8) is 0 Å². The average Bonchev–Trinajstić information content (AvgIpc) is 3.28. The van der Waals surface area contributed by atoms with Gasteiger partial charge in [-0.3, -0.25) is 14.2 Å². The van der Waals surface area contributed by atoms with Crippen molar-refractivity contribution in [3.05, 3.63) is 69.7 Å². The molecule has 2 N–H and O–H groups in total. The third-order valence-corrected chi connectivity index (χ3v) is 4.58. The molecule has 0 aliphatic carbocycles. The van der Waals surface area contributed by atoms with E-state index >= 15 is 0 Å². The van der Waals surface area contributed by atoms with Crippen molar-refractivity contribution in [3.8, 4) is 17.4 Å². The molecule has 0 amide bonds. The van der Waals surface area contributed by atoms with E-state index < -0.39 is 0 Å². The summed E-state index contributed by atoms with van der Waals surface area (Å²) in [5, 5.41) is 4.39. The van der Waals surface area contributed by atoms with Gasteiger partial charge in [0, 0.05) is 19.7 Å². The number of hydrogen-bond donors (Lipinski definition) is 2. The number of hydrogen-bond acceptors (Lipinski definition) is 5. The Bertz CT molecular complexity index is 1270. The third-order valence-electron chi connectivity index (χ3n) is 4.27. The first-order valence-corrected chi connectivity index (χ1v) is 9.02. The zero-order valence-corrected chi connectivity index (χ0v) is 16.0. The van der Waals surface area contributed by atoms with E-state index in [0.29, 0.717) is 46.4 Å². The molecule has 1 aromatic carbocycles. The van der Waals surface area contributed by atoms with E-state index in [1.165, 1.54) is 4.57 Å². The van der Waals surface area contributed by atoms with E-state index in [9.17, 15) is 4.79 Å². The van der Waals surface area contributed by atoms with Gasteiger partial charge in [-0.25, -0.2) is 9.78 Å². The molecule has 28 heavy (non-hydrogen) atoms. The number of aromatic amines is 2. The van der Waals surface area contributed by atoms with Gasteiger partial charge < -0.3 is 9.72 Å². The summed E-state index contributed by atoms with van der Waals surface area (Å²) in [6.07, 6.45) is 1.63. The predicted octanol–water partition coefficient (Wildman–Crippen LogP) is 2.95. The lowest BCUT2D eigenvalue weighted by atomic mass is 10.2. The van der Waals surface area contributed by atoms with Gasteiger partial charge in [-0.2, -0.15) is 0 Å². The molecule has 0 aliphatic rings. The minimum atomic E-state index is -0.327. The van der Waals surface area contributed by atoms with Crippen LogP contribution in [0.1, 0.15) is 5.56 Å². The Morgan fingerprint density at radius 3 is 2.82 bits per heavy atom. The molecule has 4 aromatic rings. The second-order valence-corrected chi connectivity index (χ2v) is 6.62. The van der Waals surface area contributed by atoms with E-state index in [1.54, 1.807) is 23.9 Å². The predicted molar refractivity (Wildman–Crippen MR) is 109 cm³/mol. The van der Waals surface area contributed by atoms with Crippen LogP contribution >= 0.6 is 12.2 Å². The molecule has 0 radical (unpaired) electrons. The SMILES string of the molecule is C=CCn1c(=O)[nH]c(=S)c2[nH]c(-c3cc(OCc4ccccc4)nn3C)nc21. The van der Waals surface area contributed by atoms with E-state index in [0.717, 1.165) is 5.56 Å². The molecule has 3 aromatic heterocycles. The Morgan fingerprint density at radius 2 is 2.07 bits per heavy atom. The zero-order chi connectivity index (χ0) is 19.7. The van der Waals surface area contributed by atoms with Gasteiger partial charge >= 0.3 is 5.69 Å². The summed E-state index contributed by atoms with van der Waals surface area (Å²) in [5.41, 5.74) is 2.49. The number of benzene rings is 1. The number of nitrogens with zero attached hydrogens (tertiary/aromatic N) is 4. The highest BCUT2D eigenvalue weighted by molar-refractivity contribution is 7.71. The quantitative estimate of drug-likeness (QED) is 0.387. The largest absolute Gasteiger partial charge is 0.472 e. The summed E-state index contributed by atoms with van der Waals surface area (Å²) in [5.74, 6) is 1.03. The molecule has 8 nitrogen and oxygen atoms in total. The van der Waals surface area contributed by atoms with Crippen LogP contribution < -0.4 is 10.4 Å². The zero-order valence-electron chi connectivity index (χ0n) is 15.2. The molecule has 0 unspecified atom stereocenters. The van der Waals surface area contributed by atoms with Gasteiger partial charge in [-0.15, -0.1) is 11.7 Å². The molecule has 4 rings (SSSR count). The molecule has 0 aliphatic heterocycles. The average molecular weight is 394 g/mol. The first-order valence-electron chi connectivity index (χ1n) is 8.61. The van der Waals surface area contributed by atoms with Gasteiger partial charge in [0.05, 0.1) is 0 Å². The van der Waals surface area contributed by atoms with Crippen molar-refractivity contribution in [1.29, 1.82) is 0 Å². The van der Waals surface area contributed by atoms with Crippen LogP contribution in [0.15, 0.2) is 53.8 Å². The topological polar surface area (TPSA) is 93.5 Å². The lowest BCUT2D eigenvalue weighted by Gasteiger charge is -2.01. The fraction of sp³-hybridized carbons (Fsp3) is 0.158. The van der Waals surface area contributed by atoms with Crippen LogP contribution in [0.3, 0.4) is 0 Å². The molecule has 0 saturated carbocycles. The summed E-state index contributed by atoms with van der Waals surface area (Å²) >= 11 is 5.27. The highest BCUT2D eigenvalue weighted by atomic mass is 32.1. The molecule has 0 saturated heterocycles. The van der Waals surface area contributed by atoms with Crippen LogP contribution in [0.2, 0.25) is 0 Å². The number of aromatic nitrogens is 6. The van der Waals surface area contributed by atoms with Crippen LogP contribution in [-0.4, -0.2) is 29.3 Å². The third kappa shape index (κ3) is 3.27. The van der Waals surface area contributed by atoms with E-state index in [-0.39, 0.29) is 5.69 Å². The fourth-order valence-electron chi connectivity index (χ4n) is 2.93. The van der Waals surface area contributed by atoms with Crippen LogP contribution in [0.25, 0.3) is 22.7 Å². The molecule has 0 bridgehead atoms. The van der Waals surface area contributed by atoms with Gasteiger partial charge in [-0.1, -0.05) is 48.6 Å². The minimum absolute atomic E-state index is 0.307. The normalized spacial score (nSPS) is 11.0. The molecule has 9 heteroatoms. The number of allylic oxidation sites excluding steroid dienone is 1. The monoisotopic (exact) mass is 394 g/mol. The maximum atomic E-state index is 12.2. The summed E-state index contributed by atoms with van der Waals surface area (Å²) in [6, 6.07) is 11.7. The Morgan fingerprint density at radius 1 is 1.29 bits per heavy atom. The number of aryl methyl sites for hydroxylation is 1. The van der Waals surface area contributed by atoms with Crippen LogP contribution in [-0.2, 0) is 20.2 Å². The van der Waals surface area contributed by atoms with Gasteiger partial charge in [0.15, 0.2) is 11.5 Å². The number of fused-ring (bicyclic) bond motifs is 1. The van der Waals surface area contributed by atoms with Gasteiger partial charge in [0.1, 0.15) is 22.5 Å². The van der Waals surface area contributed by atoms with E-state index in [2.05, 4.69) is 26.6 Å². The Hall–Kier alpha value is -3.46. The Kier molecular flexibility index (Phi) is 4.66. The number of rotatable bonds is 6. The maximum Gasteiger partial charge on any atom is 0.328 e. The Balaban J connectivity index is 1.70. The first-order chi connectivity index (χ1) is 13.6. The van der Waals surface area contributed by atoms with Crippen molar-refractivity contribution in [2.24, 2.45) is 7.05 Å². The van der Waals surface area contributed by atoms with Crippen LogP contribution in [0, 0.1) is 4.64 Å². The van der Waals surface area contributed by atoms with Gasteiger partial charge in [0.2, 0.25) is 5.88 Å². The van der Waals surface area contributed by atoms with E-state index in [1.807, 2.05) is 30.3 Å². The van der Waals surface area contributed by atoms with Crippen molar-refractivity contribution >= 4 is 23.4 Å². The standard InChI is InChI=1S/C19H18N6O2S/c1-3-9-25-17-15(18(28)22-19(25)26)20-16(21-17)13-10-14(23-24(13)2)27-11-12-7-5-4-6-8-12/h3-8,10H,1,9,11H2,2H3,(H,20,21)(H,22,26,28). The summed E-state index contributed by atoms with van der Waals surface area (Å²) < 4.78 is 9.23.